The third kappa shape index (κ3) is 5.64. The lowest BCUT2D eigenvalue weighted by Gasteiger charge is -2.14. The predicted molar refractivity (Wildman–Crippen MR) is 96.4 cm³/mol. The predicted octanol–water partition coefficient (Wildman–Crippen LogP) is 3.82. The van der Waals surface area contributed by atoms with Crippen LogP contribution in [0, 0.1) is 12.8 Å². The van der Waals surface area contributed by atoms with Crippen molar-refractivity contribution in [1.29, 1.82) is 0 Å². The first-order valence-electron chi connectivity index (χ1n) is 8.11. The van der Waals surface area contributed by atoms with E-state index in [1.54, 1.807) is 24.3 Å². The highest BCUT2D eigenvalue weighted by atomic mass is 16.6. The van der Waals surface area contributed by atoms with Crippen LogP contribution in [-0.2, 0) is 21.0 Å². The molecule has 0 aliphatic heterocycles. The van der Waals surface area contributed by atoms with E-state index in [-0.39, 0.29) is 24.1 Å². The van der Waals surface area contributed by atoms with Crippen LogP contribution >= 0.6 is 0 Å². The summed E-state index contributed by atoms with van der Waals surface area (Å²) in [5.41, 5.74) is 3.62. The molecule has 0 saturated carbocycles. The number of aryl methyl sites for hydroxylation is 1. The molecule has 0 radical (unpaired) electrons. The van der Waals surface area contributed by atoms with E-state index in [4.69, 9.17) is 9.57 Å². The van der Waals surface area contributed by atoms with Crippen molar-refractivity contribution in [1.82, 2.24) is 0 Å². The Hall–Kier alpha value is -2.82. The van der Waals surface area contributed by atoms with E-state index in [9.17, 15) is 9.90 Å². The smallest absolute Gasteiger partial charge is 0.306 e. The molecule has 0 heterocycles. The SMILES string of the molecule is COC(=O)CC(C)/C(=N\OCc1ccc(C)cc1)c1ccc(O)cc1. The van der Waals surface area contributed by atoms with E-state index in [1.807, 2.05) is 38.1 Å². The van der Waals surface area contributed by atoms with E-state index >= 15 is 0 Å². The largest absolute Gasteiger partial charge is 0.508 e. The molecule has 0 aliphatic carbocycles. The van der Waals surface area contributed by atoms with Crippen LogP contribution in [0.15, 0.2) is 53.7 Å². The van der Waals surface area contributed by atoms with Crippen molar-refractivity contribution < 1.29 is 19.5 Å². The Morgan fingerprint density at radius 1 is 1.12 bits per heavy atom. The summed E-state index contributed by atoms with van der Waals surface area (Å²) < 4.78 is 4.74. The van der Waals surface area contributed by atoms with E-state index in [0.29, 0.717) is 12.3 Å². The Labute approximate surface area is 147 Å². The first-order valence-corrected chi connectivity index (χ1v) is 8.11. The van der Waals surface area contributed by atoms with Crippen molar-refractivity contribution in [3.8, 4) is 5.75 Å². The Balaban J connectivity index is 2.15. The number of rotatable bonds is 7. The monoisotopic (exact) mass is 341 g/mol. The molecule has 5 heteroatoms. The molecule has 1 N–H and O–H groups in total. The number of phenols is 1. The van der Waals surface area contributed by atoms with E-state index in [1.165, 1.54) is 12.7 Å². The number of hydrogen-bond acceptors (Lipinski definition) is 5. The second-order valence-electron chi connectivity index (χ2n) is 5.96. The maximum absolute atomic E-state index is 11.6. The van der Waals surface area contributed by atoms with Gasteiger partial charge in [-0.25, -0.2) is 0 Å². The zero-order valence-electron chi connectivity index (χ0n) is 14.7. The molecular weight excluding hydrogens is 318 g/mol. The number of carbonyl (C=O) groups is 1. The van der Waals surface area contributed by atoms with Crippen LogP contribution in [0.25, 0.3) is 0 Å². The quantitative estimate of drug-likeness (QED) is 0.472. The van der Waals surface area contributed by atoms with Gasteiger partial charge in [-0.3, -0.25) is 4.79 Å². The average molecular weight is 341 g/mol. The minimum absolute atomic E-state index is 0.171. The fourth-order valence-corrected chi connectivity index (χ4v) is 2.35. The van der Waals surface area contributed by atoms with Gasteiger partial charge in [0.2, 0.25) is 0 Å². The molecule has 0 fully saturated rings. The Morgan fingerprint density at radius 2 is 1.76 bits per heavy atom. The van der Waals surface area contributed by atoms with Gasteiger partial charge < -0.3 is 14.7 Å². The Morgan fingerprint density at radius 3 is 2.36 bits per heavy atom. The van der Waals surface area contributed by atoms with E-state index in [2.05, 4.69) is 5.16 Å². The van der Waals surface area contributed by atoms with Gasteiger partial charge in [0.25, 0.3) is 0 Å². The maximum atomic E-state index is 11.6. The van der Waals surface area contributed by atoms with Crippen molar-refractivity contribution >= 4 is 11.7 Å². The topological polar surface area (TPSA) is 68.1 Å². The lowest BCUT2D eigenvalue weighted by molar-refractivity contribution is -0.141. The summed E-state index contributed by atoms with van der Waals surface area (Å²) in [5, 5.41) is 13.7. The lowest BCUT2D eigenvalue weighted by Crippen LogP contribution is -2.18. The first kappa shape index (κ1) is 18.5. The number of aromatic hydroxyl groups is 1. The number of ether oxygens (including phenoxy) is 1. The second kappa shape index (κ2) is 8.87. The molecule has 1 unspecified atom stereocenters. The summed E-state index contributed by atoms with van der Waals surface area (Å²) in [6, 6.07) is 14.7. The van der Waals surface area contributed by atoms with E-state index in [0.717, 1.165) is 11.1 Å². The van der Waals surface area contributed by atoms with Gasteiger partial charge in [0.05, 0.1) is 19.2 Å². The molecule has 0 spiro atoms. The molecule has 0 aromatic heterocycles. The number of hydrogen-bond donors (Lipinski definition) is 1. The van der Waals surface area contributed by atoms with Gasteiger partial charge in [-0.2, -0.15) is 0 Å². The summed E-state index contributed by atoms with van der Waals surface area (Å²) in [6.45, 7) is 4.25. The summed E-state index contributed by atoms with van der Waals surface area (Å²) in [5.74, 6) is -0.322. The van der Waals surface area contributed by atoms with Crippen LogP contribution in [-0.4, -0.2) is 23.9 Å². The molecular formula is C20H23NO4. The molecule has 2 aromatic carbocycles. The van der Waals surface area contributed by atoms with Gasteiger partial charge in [-0.1, -0.05) is 41.9 Å². The number of carbonyl (C=O) groups excluding carboxylic acids is 1. The van der Waals surface area contributed by atoms with Gasteiger partial charge >= 0.3 is 5.97 Å². The fraction of sp³-hybridized carbons (Fsp3) is 0.300. The zero-order valence-corrected chi connectivity index (χ0v) is 14.7. The van der Waals surface area contributed by atoms with Crippen molar-refractivity contribution in [3.63, 3.8) is 0 Å². The highest BCUT2D eigenvalue weighted by Gasteiger charge is 2.18. The Bertz CT molecular complexity index is 720. The minimum atomic E-state index is -0.308. The number of oxime groups is 1. The van der Waals surface area contributed by atoms with Crippen molar-refractivity contribution in [2.75, 3.05) is 7.11 Å². The molecule has 2 aromatic rings. The van der Waals surface area contributed by atoms with E-state index < -0.39 is 0 Å². The Kier molecular flexibility index (Phi) is 6.57. The molecule has 0 amide bonds. The summed E-state index contributed by atoms with van der Waals surface area (Å²) >= 11 is 0. The van der Waals surface area contributed by atoms with Gasteiger partial charge in [-0.15, -0.1) is 0 Å². The van der Waals surface area contributed by atoms with Crippen LogP contribution in [0.5, 0.6) is 5.75 Å². The molecule has 2 rings (SSSR count). The highest BCUT2D eigenvalue weighted by Crippen LogP contribution is 2.18. The van der Waals surface area contributed by atoms with Crippen LogP contribution in [0.2, 0.25) is 0 Å². The molecule has 25 heavy (non-hydrogen) atoms. The molecule has 0 aliphatic rings. The number of methoxy groups -OCH3 is 1. The van der Waals surface area contributed by atoms with Crippen molar-refractivity contribution in [2.24, 2.45) is 11.1 Å². The second-order valence-corrected chi connectivity index (χ2v) is 5.96. The van der Waals surface area contributed by atoms with Gasteiger partial charge in [0.1, 0.15) is 12.4 Å². The highest BCUT2D eigenvalue weighted by molar-refractivity contribution is 6.03. The minimum Gasteiger partial charge on any atom is -0.508 e. The van der Waals surface area contributed by atoms with Gasteiger partial charge in [0.15, 0.2) is 0 Å². The third-order valence-electron chi connectivity index (χ3n) is 3.85. The van der Waals surface area contributed by atoms with Crippen LogP contribution < -0.4 is 0 Å². The van der Waals surface area contributed by atoms with Gasteiger partial charge in [-0.05, 0) is 42.3 Å². The molecule has 1 atom stereocenters. The van der Waals surface area contributed by atoms with Gasteiger partial charge in [0, 0.05) is 5.92 Å². The molecule has 132 valence electrons. The standard InChI is InChI=1S/C20H23NO4/c1-14-4-6-16(7-5-14)13-25-21-20(15(2)12-19(23)24-3)17-8-10-18(22)11-9-17/h4-11,15,22H,12-13H2,1-3H3/b21-20+. The number of esters is 1. The molecule has 0 saturated heterocycles. The fourth-order valence-electron chi connectivity index (χ4n) is 2.35. The average Bonchev–Trinajstić information content (AvgIpc) is 2.61. The third-order valence-corrected chi connectivity index (χ3v) is 3.85. The summed E-state index contributed by atoms with van der Waals surface area (Å²) in [7, 11) is 1.36. The number of phenolic OH excluding ortho intramolecular Hbond substituents is 1. The summed E-state index contributed by atoms with van der Waals surface area (Å²) in [6.07, 6.45) is 0.199. The van der Waals surface area contributed by atoms with Crippen LogP contribution in [0.1, 0.15) is 30.0 Å². The van der Waals surface area contributed by atoms with Crippen LogP contribution in [0.3, 0.4) is 0 Å². The van der Waals surface area contributed by atoms with Crippen LogP contribution in [0.4, 0.5) is 0 Å². The normalized spacial score (nSPS) is 12.5. The van der Waals surface area contributed by atoms with Crippen molar-refractivity contribution in [2.45, 2.75) is 26.9 Å². The summed E-state index contributed by atoms with van der Waals surface area (Å²) in [4.78, 5) is 17.1. The lowest BCUT2D eigenvalue weighted by atomic mass is 9.95. The number of nitrogens with zero attached hydrogens (tertiary/aromatic N) is 1. The molecule has 5 nitrogen and oxygen atoms in total. The maximum Gasteiger partial charge on any atom is 0.306 e. The molecule has 0 bridgehead atoms. The van der Waals surface area contributed by atoms with Crippen molar-refractivity contribution in [3.05, 3.63) is 65.2 Å². The number of benzene rings is 2. The zero-order chi connectivity index (χ0) is 18.2. The first-order chi connectivity index (χ1) is 12.0.